The Morgan fingerprint density at radius 2 is 2.23 bits per heavy atom. The summed E-state index contributed by atoms with van der Waals surface area (Å²) in [5.41, 5.74) is 4.19. The Kier molecular flexibility index (Phi) is 3.08. The van der Waals surface area contributed by atoms with Crippen molar-refractivity contribution in [1.29, 1.82) is 0 Å². The van der Waals surface area contributed by atoms with Gasteiger partial charge in [-0.15, -0.1) is 0 Å². The summed E-state index contributed by atoms with van der Waals surface area (Å²) in [6.45, 7) is 4.75. The van der Waals surface area contributed by atoms with Crippen LogP contribution in [0.5, 0.6) is 5.75 Å². The number of benzene rings is 1. The molecule has 4 heterocycles. The van der Waals surface area contributed by atoms with E-state index in [-0.39, 0.29) is 11.7 Å². The van der Waals surface area contributed by atoms with Gasteiger partial charge in [-0.1, -0.05) is 6.08 Å². The van der Waals surface area contributed by atoms with Crippen LogP contribution >= 0.6 is 0 Å². The molecule has 5 rings (SSSR count). The summed E-state index contributed by atoms with van der Waals surface area (Å²) in [4.78, 5) is 18.8. The van der Waals surface area contributed by atoms with Gasteiger partial charge in [0.2, 0.25) is 0 Å². The zero-order valence-corrected chi connectivity index (χ0v) is 13.0. The molecule has 0 amide bonds. The number of nitrogens with zero attached hydrogens (tertiary/aromatic N) is 1. The van der Waals surface area contributed by atoms with E-state index in [2.05, 4.69) is 16.0 Å². The van der Waals surface area contributed by atoms with Crippen LogP contribution in [0.15, 0.2) is 29.8 Å². The van der Waals surface area contributed by atoms with Crippen LogP contribution in [0.2, 0.25) is 0 Å². The molecule has 1 fully saturated rings. The van der Waals surface area contributed by atoms with Crippen LogP contribution in [-0.2, 0) is 6.54 Å². The zero-order chi connectivity index (χ0) is 15.3. The van der Waals surface area contributed by atoms with E-state index in [9.17, 15) is 4.79 Å². The fourth-order valence-corrected chi connectivity index (χ4v) is 3.80. The minimum absolute atomic E-state index is 0.0373. The molecule has 1 aromatic carbocycles. The average Bonchev–Trinajstić information content (AvgIpc) is 2.89. The van der Waals surface area contributed by atoms with Crippen LogP contribution in [0.1, 0.15) is 29.4 Å². The Balaban J connectivity index is 1.92. The van der Waals surface area contributed by atoms with Crippen LogP contribution < -0.4 is 4.74 Å². The summed E-state index contributed by atoms with van der Waals surface area (Å²) in [7, 11) is 1.67. The maximum atomic E-state index is 13.0. The lowest BCUT2D eigenvalue weighted by Gasteiger charge is -2.36. The van der Waals surface area contributed by atoms with E-state index in [1.54, 1.807) is 7.11 Å². The number of hydrogen-bond acceptors (Lipinski definition) is 3. The first-order chi connectivity index (χ1) is 10.7. The molecule has 114 valence electrons. The first-order valence-corrected chi connectivity index (χ1v) is 7.81. The molecule has 2 atom stereocenters. The maximum Gasteiger partial charge on any atom is 0.186 e. The SMILES string of the molecule is C/C=C1/CN2CCC1C(=O)c1[nH]c3ccc(OC)cc3c1C2. The van der Waals surface area contributed by atoms with Crippen molar-refractivity contribution >= 4 is 16.7 Å². The van der Waals surface area contributed by atoms with E-state index in [1.807, 2.05) is 25.1 Å². The number of Topliss-reactive ketones (excluding diaryl/α,β-unsaturated/α-hetero) is 1. The summed E-state index contributed by atoms with van der Waals surface area (Å²) < 4.78 is 5.34. The predicted octanol–water partition coefficient (Wildman–Crippen LogP) is 3.14. The summed E-state index contributed by atoms with van der Waals surface area (Å²) in [5.74, 6) is 1.12. The highest BCUT2D eigenvalue weighted by Gasteiger charge is 2.35. The summed E-state index contributed by atoms with van der Waals surface area (Å²) in [6, 6.07) is 5.97. The number of carbonyl (C=O) groups excluding carboxylic acids is 1. The smallest absolute Gasteiger partial charge is 0.186 e. The van der Waals surface area contributed by atoms with E-state index in [4.69, 9.17) is 4.74 Å². The molecular formula is C18H20N2O2. The molecule has 2 aromatic rings. The molecule has 0 saturated carbocycles. The van der Waals surface area contributed by atoms with Crippen molar-refractivity contribution in [3.8, 4) is 5.75 Å². The molecule has 4 heteroatoms. The van der Waals surface area contributed by atoms with Gasteiger partial charge in [0.15, 0.2) is 5.78 Å². The minimum Gasteiger partial charge on any atom is -0.497 e. The number of nitrogens with one attached hydrogen (secondary N) is 1. The number of methoxy groups -OCH3 is 1. The number of ether oxygens (including phenoxy) is 1. The number of carbonyl (C=O) groups is 1. The first-order valence-electron chi connectivity index (χ1n) is 7.81. The Labute approximate surface area is 129 Å². The van der Waals surface area contributed by atoms with Crippen LogP contribution in [0.4, 0.5) is 0 Å². The molecule has 0 aliphatic carbocycles. The van der Waals surface area contributed by atoms with Crippen LogP contribution in [-0.4, -0.2) is 35.9 Å². The number of fused-ring (bicyclic) bond motifs is 3. The largest absolute Gasteiger partial charge is 0.497 e. The number of aromatic amines is 1. The molecule has 1 saturated heterocycles. The molecule has 0 spiro atoms. The lowest BCUT2D eigenvalue weighted by molar-refractivity contribution is 0.0875. The third-order valence-electron chi connectivity index (χ3n) is 5.02. The molecule has 1 aromatic heterocycles. The Morgan fingerprint density at radius 1 is 1.36 bits per heavy atom. The second kappa shape index (κ2) is 4.99. The average molecular weight is 296 g/mol. The van der Waals surface area contributed by atoms with Crippen molar-refractivity contribution in [2.45, 2.75) is 19.9 Å². The zero-order valence-electron chi connectivity index (χ0n) is 13.0. The van der Waals surface area contributed by atoms with Gasteiger partial charge in [-0.25, -0.2) is 0 Å². The molecule has 22 heavy (non-hydrogen) atoms. The molecule has 1 N–H and O–H groups in total. The highest BCUT2D eigenvalue weighted by atomic mass is 16.5. The molecule has 2 bridgehead atoms. The quantitative estimate of drug-likeness (QED) is 0.822. The lowest BCUT2D eigenvalue weighted by atomic mass is 9.83. The highest BCUT2D eigenvalue weighted by Crippen LogP contribution is 2.36. The Hall–Kier alpha value is -2.07. The lowest BCUT2D eigenvalue weighted by Crippen LogP contribution is -2.40. The van der Waals surface area contributed by atoms with Gasteiger partial charge in [0, 0.05) is 35.5 Å². The van der Waals surface area contributed by atoms with Crippen molar-refractivity contribution in [1.82, 2.24) is 9.88 Å². The third-order valence-corrected chi connectivity index (χ3v) is 5.02. The van der Waals surface area contributed by atoms with Gasteiger partial charge in [-0.05, 0) is 43.7 Å². The number of hydrogen-bond donors (Lipinski definition) is 1. The van der Waals surface area contributed by atoms with Gasteiger partial charge < -0.3 is 9.72 Å². The fourth-order valence-electron chi connectivity index (χ4n) is 3.80. The second-order valence-corrected chi connectivity index (χ2v) is 6.17. The van der Waals surface area contributed by atoms with Gasteiger partial charge in [0.1, 0.15) is 5.75 Å². The molecular weight excluding hydrogens is 276 g/mol. The van der Waals surface area contributed by atoms with Gasteiger partial charge in [0.05, 0.1) is 12.8 Å². The Bertz CT molecular complexity index is 788. The van der Waals surface area contributed by atoms with Crippen molar-refractivity contribution in [2.75, 3.05) is 20.2 Å². The first kappa shape index (κ1) is 13.6. The maximum absolute atomic E-state index is 13.0. The van der Waals surface area contributed by atoms with E-state index in [0.29, 0.717) is 0 Å². The number of rotatable bonds is 1. The van der Waals surface area contributed by atoms with E-state index >= 15 is 0 Å². The summed E-state index contributed by atoms with van der Waals surface area (Å²) >= 11 is 0. The number of ketones is 1. The monoisotopic (exact) mass is 296 g/mol. The number of allylic oxidation sites excluding steroid dienone is 1. The molecule has 0 radical (unpaired) electrons. The number of piperidine rings is 1. The topological polar surface area (TPSA) is 45.3 Å². The highest BCUT2D eigenvalue weighted by molar-refractivity contribution is 6.05. The Morgan fingerprint density at radius 3 is 3.00 bits per heavy atom. The van der Waals surface area contributed by atoms with Crippen molar-refractivity contribution in [3.63, 3.8) is 0 Å². The predicted molar refractivity (Wildman–Crippen MR) is 86.3 cm³/mol. The van der Waals surface area contributed by atoms with Crippen LogP contribution in [0.25, 0.3) is 10.9 Å². The number of aromatic nitrogens is 1. The van der Waals surface area contributed by atoms with E-state index in [1.165, 1.54) is 5.57 Å². The van der Waals surface area contributed by atoms with Gasteiger partial charge in [0.25, 0.3) is 0 Å². The van der Waals surface area contributed by atoms with E-state index < -0.39 is 0 Å². The molecule has 3 aliphatic heterocycles. The van der Waals surface area contributed by atoms with Gasteiger partial charge >= 0.3 is 0 Å². The second-order valence-electron chi connectivity index (χ2n) is 6.17. The summed E-state index contributed by atoms with van der Waals surface area (Å²) in [6.07, 6.45) is 3.04. The minimum atomic E-state index is 0.0373. The van der Waals surface area contributed by atoms with Crippen LogP contribution in [0.3, 0.4) is 0 Å². The standard InChI is InChI=1S/C18H20N2O2/c1-3-11-9-20-7-6-13(11)18(21)17-15(10-20)14-8-12(22-2)4-5-16(14)19-17/h3-5,8,13,19H,6-7,9-10H2,1-2H3/b11-3-. The van der Waals surface area contributed by atoms with Gasteiger partial charge in [-0.2, -0.15) is 0 Å². The molecule has 2 unspecified atom stereocenters. The van der Waals surface area contributed by atoms with E-state index in [0.717, 1.165) is 54.0 Å². The third kappa shape index (κ3) is 1.91. The van der Waals surface area contributed by atoms with Gasteiger partial charge in [-0.3, -0.25) is 9.69 Å². The van der Waals surface area contributed by atoms with Crippen molar-refractivity contribution in [3.05, 3.63) is 41.1 Å². The van der Waals surface area contributed by atoms with Crippen molar-refractivity contribution in [2.24, 2.45) is 5.92 Å². The fraction of sp³-hybridized carbons (Fsp3) is 0.389. The van der Waals surface area contributed by atoms with Crippen LogP contribution in [0, 0.1) is 5.92 Å². The normalized spacial score (nSPS) is 26.1. The summed E-state index contributed by atoms with van der Waals surface area (Å²) in [5, 5.41) is 1.11. The molecule has 3 aliphatic rings. The van der Waals surface area contributed by atoms with Crippen molar-refractivity contribution < 1.29 is 9.53 Å². The number of H-pyrrole nitrogens is 1. The molecule has 4 nitrogen and oxygen atoms in total.